The maximum absolute atomic E-state index is 13.7. The van der Waals surface area contributed by atoms with Crippen molar-refractivity contribution >= 4 is 15.9 Å². The highest BCUT2D eigenvalue weighted by Crippen LogP contribution is 2.39. The summed E-state index contributed by atoms with van der Waals surface area (Å²) in [4.78, 5) is 16.2. The summed E-state index contributed by atoms with van der Waals surface area (Å²) in [5.74, 6) is -0.415. The third-order valence-electron chi connectivity index (χ3n) is 11.0. The van der Waals surface area contributed by atoms with Gasteiger partial charge < -0.3 is 24.6 Å². The lowest BCUT2D eigenvalue weighted by atomic mass is 9.98. The molecule has 0 aromatic heterocycles. The van der Waals surface area contributed by atoms with Gasteiger partial charge in [-0.2, -0.15) is 4.72 Å². The lowest BCUT2D eigenvalue weighted by Crippen LogP contribution is -2.47. The topological polar surface area (TPSA) is 126 Å². The summed E-state index contributed by atoms with van der Waals surface area (Å²) in [7, 11) is -2.20. The van der Waals surface area contributed by atoms with Gasteiger partial charge in [0, 0.05) is 38.2 Å². The van der Waals surface area contributed by atoms with Crippen LogP contribution in [-0.4, -0.2) is 69.3 Å². The van der Waals surface area contributed by atoms with E-state index in [9.17, 15) is 18.3 Å². The Morgan fingerprint density at radius 3 is 2.29 bits per heavy atom. The van der Waals surface area contributed by atoms with Gasteiger partial charge in [0.15, 0.2) is 6.29 Å². The SMILES string of the molecule is COCC1CCCN1CC1CC(c2ccc(CO)cc2)OC(c2ccc(-c3cccc(CNC(=O)C(Cc4ccccc4)NS(=O)(=O)c4ccc(C)cc4)c3)cc2)O1. The number of methoxy groups -OCH3 is 1. The maximum Gasteiger partial charge on any atom is 0.241 e. The largest absolute Gasteiger partial charge is 0.392 e. The Hall–Kier alpha value is -4.72. The molecule has 5 unspecified atom stereocenters. The van der Waals surface area contributed by atoms with Crippen molar-refractivity contribution in [1.29, 1.82) is 0 Å². The Bertz CT molecular complexity index is 2200. The van der Waals surface area contributed by atoms with E-state index < -0.39 is 28.3 Å². The van der Waals surface area contributed by atoms with Crippen LogP contribution in [0.3, 0.4) is 0 Å². The Labute approximate surface area is 342 Å². The van der Waals surface area contributed by atoms with Gasteiger partial charge in [-0.15, -0.1) is 0 Å². The number of amides is 1. The molecule has 58 heavy (non-hydrogen) atoms. The molecule has 2 saturated heterocycles. The first kappa shape index (κ1) is 41.4. The Kier molecular flexibility index (Phi) is 13.8. The van der Waals surface area contributed by atoms with Crippen molar-refractivity contribution < 1.29 is 32.5 Å². The molecule has 2 aliphatic rings. The molecule has 2 aliphatic heterocycles. The van der Waals surface area contributed by atoms with Crippen LogP contribution in [-0.2, 0) is 48.6 Å². The number of aryl methyl sites for hydroxylation is 1. The number of nitrogens with one attached hydrogen (secondary N) is 2. The molecule has 7 rings (SSSR count). The van der Waals surface area contributed by atoms with Crippen molar-refractivity contribution in [1.82, 2.24) is 14.9 Å². The monoisotopic (exact) mass is 803 g/mol. The van der Waals surface area contributed by atoms with Gasteiger partial charge in [0.2, 0.25) is 15.9 Å². The number of likely N-dealkylation sites (tertiary alicyclic amines) is 1. The first-order valence-electron chi connectivity index (χ1n) is 20.0. The number of hydrogen-bond acceptors (Lipinski definition) is 8. The molecule has 11 heteroatoms. The molecule has 304 valence electrons. The Morgan fingerprint density at radius 2 is 1.57 bits per heavy atom. The third-order valence-corrected chi connectivity index (χ3v) is 12.5. The molecule has 0 bridgehead atoms. The number of ether oxygens (including phenoxy) is 3. The van der Waals surface area contributed by atoms with E-state index in [1.54, 1.807) is 31.4 Å². The molecule has 3 N–H and O–H groups in total. The molecular weight excluding hydrogens is 751 g/mol. The second-order valence-electron chi connectivity index (χ2n) is 15.3. The Morgan fingerprint density at radius 1 is 0.845 bits per heavy atom. The van der Waals surface area contributed by atoms with Gasteiger partial charge in [0.25, 0.3) is 0 Å². The number of rotatable bonds is 16. The number of hydrogen-bond donors (Lipinski definition) is 3. The number of carbonyl (C=O) groups is 1. The lowest BCUT2D eigenvalue weighted by molar-refractivity contribution is -0.253. The normalized spacial score (nSPS) is 20.5. The fourth-order valence-corrected chi connectivity index (χ4v) is 9.02. The van der Waals surface area contributed by atoms with Crippen LogP contribution in [0.5, 0.6) is 0 Å². The lowest BCUT2D eigenvalue weighted by Gasteiger charge is -2.38. The van der Waals surface area contributed by atoms with Gasteiger partial charge in [-0.25, -0.2) is 8.42 Å². The van der Waals surface area contributed by atoms with Gasteiger partial charge in [0.05, 0.1) is 30.3 Å². The zero-order valence-electron chi connectivity index (χ0n) is 33.1. The molecular formula is C47H53N3O7S. The number of aliphatic hydroxyl groups excluding tert-OH is 1. The smallest absolute Gasteiger partial charge is 0.241 e. The second kappa shape index (κ2) is 19.4. The van der Waals surface area contributed by atoms with Gasteiger partial charge in [-0.3, -0.25) is 9.69 Å². The van der Waals surface area contributed by atoms with E-state index in [0.29, 0.717) is 12.6 Å². The fraction of sp³-hybridized carbons (Fsp3) is 0.340. The Balaban J connectivity index is 1.04. The maximum atomic E-state index is 13.7. The zero-order chi connectivity index (χ0) is 40.5. The van der Waals surface area contributed by atoms with E-state index in [0.717, 1.165) is 76.9 Å². The molecule has 0 saturated carbocycles. The summed E-state index contributed by atoms with van der Waals surface area (Å²) < 4.78 is 48.2. The molecule has 2 fully saturated rings. The molecule has 0 radical (unpaired) electrons. The highest BCUT2D eigenvalue weighted by atomic mass is 32.2. The van der Waals surface area contributed by atoms with Crippen molar-refractivity contribution in [2.75, 3.05) is 26.8 Å². The van der Waals surface area contributed by atoms with Crippen molar-refractivity contribution in [2.24, 2.45) is 0 Å². The van der Waals surface area contributed by atoms with Crippen molar-refractivity contribution in [3.05, 3.63) is 161 Å². The van der Waals surface area contributed by atoms with Crippen LogP contribution in [0.1, 0.15) is 65.0 Å². The number of sulfonamides is 1. The highest BCUT2D eigenvalue weighted by Gasteiger charge is 2.35. The van der Waals surface area contributed by atoms with E-state index in [-0.39, 0.29) is 36.7 Å². The van der Waals surface area contributed by atoms with Crippen LogP contribution < -0.4 is 10.0 Å². The zero-order valence-corrected chi connectivity index (χ0v) is 33.9. The summed E-state index contributed by atoms with van der Waals surface area (Å²) in [5, 5.41) is 12.6. The second-order valence-corrected chi connectivity index (χ2v) is 17.0. The average molecular weight is 804 g/mol. The summed E-state index contributed by atoms with van der Waals surface area (Å²) in [6.45, 7) is 4.63. The molecule has 0 spiro atoms. The van der Waals surface area contributed by atoms with Gasteiger partial charge in [0.1, 0.15) is 6.04 Å². The van der Waals surface area contributed by atoms with Crippen LogP contribution in [0.2, 0.25) is 0 Å². The van der Waals surface area contributed by atoms with Crippen molar-refractivity contribution in [3.63, 3.8) is 0 Å². The van der Waals surface area contributed by atoms with Crippen molar-refractivity contribution in [2.45, 2.75) is 81.2 Å². The molecule has 5 aromatic rings. The average Bonchev–Trinajstić information content (AvgIpc) is 3.69. The van der Waals surface area contributed by atoms with E-state index in [1.165, 1.54) is 0 Å². The minimum Gasteiger partial charge on any atom is -0.392 e. The molecule has 10 nitrogen and oxygen atoms in total. The van der Waals surface area contributed by atoms with E-state index in [4.69, 9.17) is 14.2 Å². The van der Waals surface area contributed by atoms with Crippen LogP contribution in [0.15, 0.2) is 132 Å². The van der Waals surface area contributed by atoms with Crippen LogP contribution >= 0.6 is 0 Å². The quantitative estimate of drug-likeness (QED) is 0.0973. The van der Waals surface area contributed by atoms with Crippen LogP contribution in [0.4, 0.5) is 0 Å². The predicted molar refractivity (Wildman–Crippen MR) is 224 cm³/mol. The van der Waals surface area contributed by atoms with E-state index in [1.807, 2.05) is 97.9 Å². The van der Waals surface area contributed by atoms with Crippen LogP contribution in [0.25, 0.3) is 11.1 Å². The highest BCUT2D eigenvalue weighted by molar-refractivity contribution is 7.89. The third kappa shape index (κ3) is 10.7. The molecule has 5 atom stereocenters. The summed E-state index contributed by atoms with van der Waals surface area (Å²) in [6.07, 6.45) is 2.40. The minimum absolute atomic E-state index is 0.00594. The van der Waals surface area contributed by atoms with E-state index >= 15 is 0 Å². The first-order chi connectivity index (χ1) is 28.2. The molecule has 0 aliphatic carbocycles. The minimum atomic E-state index is -3.96. The summed E-state index contributed by atoms with van der Waals surface area (Å²) >= 11 is 0. The standard InChI is InChI=1S/C47H53N3O7S/c1-33-13-23-43(24-14-33)58(53,54)49-44(27-34-8-4-3-5-9-34)46(52)48-29-36-10-6-11-40(26-36)37-19-21-39(22-20-37)47-56-42(30-50-25-7-12-41(50)32-55-2)28-45(57-47)38-17-15-35(31-51)16-18-38/h3-6,8-11,13-24,26,41-42,44-45,47,49,51H,7,12,25,27-32H2,1-2H3,(H,48,52). The summed E-state index contributed by atoms with van der Waals surface area (Å²) in [5.41, 5.74) is 7.46. The van der Waals surface area contributed by atoms with Gasteiger partial charge in [-0.05, 0) is 84.3 Å². The first-order valence-corrected chi connectivity index (χ1v) is 21.5. The van der Waals surface area contributed by atoms with Crippen molar-refractivity contribution in [3.8, 4) is 11.1 Å². The number of aliphatic hydroxyl groups is 1. The fourth-order valence-electron chi connectivity index (χ4n) is 7.83. The number of nitrogens with zero attached hydrogens (tertiary/aromatic N) is 1. The number of benzene rings is 5. The predicted octanol–water partition coefficient (Wildman–Crippen LogP) is 7.02. The van der Waals surface area contributed by atoms with Crippen LogP contribution in [0, 0.1) is 6.92 Å². The van der Waals surface area contributed by atoms with Gasteiger partial charge in [-0.1, -0.05) is 115 Å². The number of carbonyl (C=O) groups excluding carboxylic acids is 1. The molecule has 2 heterocycles. The van der Waals surface area contributed by atoms with E-state index in [2.05, 4.69) is 27.1 Å². The summed E-state index contributed by atoms with van der Waals surface area (Å²) in [6, 6.07) is 39.4. The molecule has 5 aromatic carbocycles. The van der Waals surface area contributed by atoms with Gasteiger partial charge >= 0.3 is 0 Å². The molecule has 1 amide bonds.